The Balaban J connectivity index is 2.68. The summed E-state index contributed by atoms with van der Waals surface area (Å²) in [6.07, 6.45) is 0. The van der Waals surface area contributed by atoms with Crippen LogP contribution in [0.4, 0.5) is 0 Å². The summed E-state index contributed by atoms with van der Waals surface area (Å²) in [7, 11) is -3.12. The minimum atomic E-state index is -3.12. The third-order valence-corrected chi connectivity index (χ3v) is 3.19. The average molecular weight is 179 g/mol. The predicted molar refractivity (Wildman–Crippen MR) is 38.1 cm³/mol. The van der Waals surface area contributed by atoms with E-state index in [1.165, 1.54) is 0 Å². The molecular weight excluding hydrogens is 170 g/mol. The van der Waals surface area contributed by atoms with E-state index in [0.717, 1.165) is 0 Å². The quantitative estimate of drug-likeness (QED) is 0.509. The number of carboxylic acid groups (broad SMARTS) is 1. The summed E-state index contributed by atoms with van der Waals surface area (Å²) in [6.45, 7) is 0.235. The van der Waals surface area contributed by atoms with Crippen LogP contribution in [-0.4, -0.2) is 43.6 Å². The fourth-order valence-corrected chi connectivity index (χ4v) is 2.31. The number of hydrogen-bond donors (Lipinski definition) is 2. The number of hydrogen-bond acceptors (Lipinski definition) is 4. The Morgan fingerprint density at radius 3 is 2.55 bits per heavy atom. The van der Waals surface area contributed by atoms with E-state index in [9.17, 15) is 13.2 Å². The molecule has 5 nitrogen and oxygen atoms in total. The lowest BCUT2D eigenvalue weighted by Gasteiger charge is -2.19. The number of nitrogens with one attached hydrogen (secondary N) is 1. The zero-order chi connectivity index (χ0) is 8.48. The first-order chi connectivity index (χ1) is 5.01. The van der Waals surface area contributed by atoms with Crippen LogP contribution in [0.2, 0.25) is 0 Å². The van der Waals surface area contributed by atoms with E-state index in [-0.39, 0.29) is 18.1 Å². The minimum Gasteiger partial charge on any atom is -0.480 e. The van der Waals surface area contributed by atoms with Crippen LogP contribution in [0, 0.1) is 0 Å². The molecule has 0 spiro atoms. The van der Waals surface area contributed by atoms with Crippen molar-refractivity contribution >= 4 is 15.8 Å². The van der Waals surface area contributed by atoms with Gasteiger partial charge in [-0.3, -0.25) is 4.79 Å². The molecule has 1 atom stereocenters. The minimum absolute atomic E-state index is 0.0385. The summed E-state index contributed by atoms with van der Waals surface area (Å²) < 4.78 is 21.7. The highest BCUT2D eigenvalue weighted by Crippen LogP contribution is 2.00. The highest BCUT2D eigenvalue weighted by Gasteiger charge is 2.28. The van der Waals surface area contributed by atoms with Crippen LogP contribution in [0.15, 0.2) is 0 Å². The highest BCUT2D eigenvalue weighted by atomic mass is 32.2. The second kappa shape index (κ2) is 2.78. The van der Waals surface area contributed by atoms with Crippen molar-refractivity contribution in [2.75, 3.05) is 18.1 Å². The van der Waals surface area contributed by atoms with Crippen LogP contribution >= 0.6 is 0 Å². The molecule has 0 aromatic rings. The summed E-state index contributed by atoms with van der Waals surface area (Å²) in [4.78, 5) is 10.3. The fraction of sp³-hybridized carbons (Fsp3) is 0.800. The standard InChI is InChI=1S/C5H9NO4S/c7-5(8)4-3-11(9,10)2-1-6-4/h4,6H,1-3H2,(H,7,8). The van der Waals surface area contributed by atoms with E-state index in [4.69, 9.17) is 5.11 Å². The van der Waals surface area contributed by atoms with E-state index in [0.29, 0.717) is 0 Å². The Kier molecular flexibility index (Phi) is 2.15. The first-order valence-electron chi connectivity index (χ1n) is 3.18. The first-order valence-corrected chi connectivity index (χ1v) is 5.00. The molecular formula is C5H9NO4S. The maximum atomic E-state index is 10.9. The molecule has 0 amide bonds. The second-order valence-electron chi connectivity index (χ2n) is 2.46. The Morgan fingerprint density at radius 2 is 2.18 bits per heavy atom. The van der Waals surface area contributed by atoms with Crippen molar-refractivity contribution in [3.63, 3.8) is 0 Å². The van der Waals surface area contributed by atoms with E-state index < -0.39 is 21.8 Å². The first kappa shape index (κ1) is 8.48. The number of carbonyl (C=O) groups is 1. The van der Waals surface area contributed by atoms with Crippen LogP contribution in [0.1, 0.15) is 0 Å². The maximum Gasteiger partial charge on any atom is 0.321 e. The van der Waals surface area contributed by atoms with Crippen molar-refractivity contribution < 1.29 is 18.3 Å². The van der Waals surface area contributed by atoms with Gasteiger partial charge in [-0.15, -0.1) is 0 Å². The molecule has 1 unspecified atom stereocenters. The third-order valence-electron chi connectivity index (χ3n) is 1.52. The predicted octanol–water partition coefficient (Wildman–Crippen LogP) is -1.54. The molecule has 0 aromatic carbocycles. The molecule has 0 aliphatic carbocycles. The molecule has 1 aliphatic heterocycles. The van der Waals surface area contributed by atoms with Crippen molar-refractivity contribution in [1.29, 1.82) is 0 Å². The van der Waals surface area contributed by atoms with Gasteiger partial charge in [-0.05, 0) is 0 Å². The Hall–Kier alpha value is -0.620. The van der Waals surface area contributed by atoms with Crippen LogP contribution in [0.5, 0.6) is 0 Å². The van der Waals surface area contributed by atoms with Gasteiger partial charge in [0.05, 0.1) is 11.5 Å². The van der Waals surface area contributed by atoms with Crippen molar-refractivity contribution in [3.05, 3.63) is 0 Å². The average Bonchev–Trinajstić information content (AvgIpc) is 1.85. The third kappa shape index (κ3) is 2.16. The highest BCUT2D eigenvalue weighted by molar-refractivity contribution is 7.91. The molecule has 64 valence electrons. The van der Waals surface area contributed by atoms with E-state index in [1.54, 1.807) is 0 Å². The van der Waals surface area contributed by atoms with Gasteiger partial charge >= 0.3 is 5.97 Å². The van der Waals surface area contributed by atoms with Crippen LogP contribution in [-0.2, 0) is 14.6 Å². The zero-order valence-corrected chi connectivity index (χ0v) is 6.60. The molecule has 0 aromatic heterocycles. The summed E-state index contributed by atoms with van der Waals surface area (Å²) in [5, 5.41) is 11.0. The molecule has 1 fully saturated rings. The van der Waals surface area contributed by atoms with Gasteiger partial charge in [0.25, 0.3) is 0 Å². The Labute approximate surface area is 64.3 Å². The molecule has 2 N–H and O–H groups in total. The largest absolute Gasteiger partial charge is 0.480 e. The summed E-state index contributed by atoms with van der Waals surface area (Å²) in [6, 6.07) is -0.922. The zero-order valence-electron chi connectivity index (χ0n) is 5.78. The van der Waals surface area contributed by atoms with Crippen LogP contribution in [0.25, 0.3) is 0 Å². The molecule has 0 bridgehead atoms. The lowest BCUT2D eigenvalue weighted by atomic mass is 10.3. The van der Waals surface area contributed by atoms with Crippen molar-refractivity contribution in [3.8, 4) is 0 Å². The van der Waals surface area contributed by atoms with Gasteiger partial charge in [0.15, 0.2) is 9.84 Å². The van der Waals surface area contributed by atoms with Crippen molar-refractivity contribution in [2.24, 2.45) is 0 Å². The molecule has 1 rings (SSSR count). The van der Waals surface area contributed by atoms with E-state index in [1.807, 2.05) is 0 Å². The molecule has 1 heterocycles. The topological polar surface area (TPSA) is 83.5 Å². The molecule has 0 radical (unpaired) electrons. The van der Waals surface area contributed by atoms with E-state index >= 15 is 0 Å². The van der Waals surface area contributed by atoms with E-state index in [2.05, 4.69) is 5.32 Å². The monoisotopic (exact) mass is 179 g/mol. The number of aliphatic carboxylic acids is 1. The molecule has 1 aliphatic rings. The van der Waals surface area contributed by atoms with Gasteiger partial charge in [0.2, 0.25) is 0 Å². The molecule has 0 saturated carbocycles. The van der Waals surface area contributed by atoms with Gasteiger partial charge in [-0.2, -0.15) is 0 Å². The number of carboxylic acids is 1. The van der Waals surface area contributed by atoms with Gasteiger partial charge in [0, 0.05) is 6.54 Å². The summed E-state index contributed by atoms with van der Waals surface area (Å²) >= 11 is 0. The summed E-state index contributed by atoms with van der Waals surface area (Å²) in [5.41, 5.74) is 0. The molecule has 1 saturated heterocycles. The van der Waals surface area contributed by atoms with Gasteiger partial charge in [0.1, 0.15) is 6.04 Å². The fourth-order valence-electron chi connectivity index (χ4n) is 0.943. The second-order valence-corrected chi connectivity index (χ2v) is 4.69. The molecule has 11 heavy (non-hydrogen) atoms. The lowest BCUT2D eigenvalue weighted by Crippen LogP contribution is -2.49. The van der Waals surface area contributed by atoms with Crippen molar-refractivity contribution in [1.82, 2.24) is 5.32 Å². The van der Waals surface area contributed by atoms with Gasteiger partial charge in [-0.1, -0.05) is 0 Å². The Bertz CT molecular complexity index is 258. The Morgan fingerprint density at radius 1 is 1.55 bits per heavy atom. The normalized spacial score (nSPS) is 29.6. The molecule has 6 heteroatoms. The lowest BCUT2D eigenvalue weighted by molar-refractivity contribution is -0.138. The number of rotatable bonds is 1. The van der Waals surface area contributed by atoms with Crippen molar-refractivity contribution in [2.45, 2.75) is 6.04 Å². The maximum absolute atomic E-state index is 10.9. The van der Waals surface area contributed by atoms with Crippen LogP contribution < -0.4 is 5.32 Å². The number of sulfone groups is 1. The SMILES string of the molecule is O=C(O)C1CS(=O)(=O)CCN1. The van der Waals surface area contributed by atoms with Crippen LogP contribution in [0.3, 0.4) is 0 Å². The van der Waals surface area contributed by atoms with Gasteiger partial charge < -0.3 is 10.4 Å². The van der Waals surface area contributed by atoms with Gasteiger partial charge in [-0.25, -0.2) is 8.42 Å². The summed E-state index contributed by atoms with van der Waals surface area (Å²) in [5.74, 6) is -1.35. The smallest absolute Gasteiger partial charge is 0.321 e.